The third-order valence-electron chi connectivity index (χ3n) is 6.07. The van der Waals surface area contributed by atoms with Gasteiger partial charge >= 0.3 is 5.97 Å². The Balaban J connectivity index is 1.58. The molecule has 0 amide bonds. The van der Waals surface area contributed by atoms with Crippen molar-refractivity contribution < 1.29 is 19.4 Å². The van der Waals surface area contributed by atoms with Crippen molar-refractivity contribution in [2.24, 2.45) is 23.7 Å². The van der Waals surface area contributed by atoms with Crippen molar-refractivity contribution in [2.45, 2.75) is 84.3 Å². The van der Waals surface area contributed by atoms with E-state index in [1.54, 1.807) is 6.08 Å². The first kappa shape index (κ1) is 21.9. The fourth-order valence-electron chi connectivity index (χ4n) is 4.30. The van der Waals surface area contributed by atoms with Crippen LogP contribution in [0, 0.1) is 23.7 Å². The average Bonchev–Trinajstić information content (AvgIpc) is 2.92. The predicted octanol–water partition coefficient (Wildman–Crippen LogP) is 4.96. The van der Waals surface area contributed by atoms with Crippen molar-refractivity contribution in [3.63, 3.8) is 0 Å². The van der Waals surface area contributed by atoms with Crippen LogP contribution in [-0.4, -0.2) is 23.1 Å². The summed E-state index contributed by atoms with van der Waals surface area (Å²) in [6.45, 7) is 3.58. The molecule has 4 nitrogen and oxygen atoms in total. The van der Waals surface area contributed by atoms with E-state index in [-0.39, 0.29) is 17.6 Å². The lowest BCUT2D eigenvalue weighted by Crippen LogP contribution is -2.22. The van der Waals surface area contributed by atoms with Gasteiger partial charge in [-0.2, -0.15) is 0 Å². The molecule has 2 rings (SSSR count). The van der Waals surface area contributed by atoms with Crippen molar-refractivity contribution >= 4 is 11.8 Å². The number of hydrogen-bond donors (Lipinski definition) is 1. The van der Waals surface area contributed by atoms with Gasteiger partial charge in [0.1, 0.15) is 0 Å². The molecule has 1 saturated carbocycles. The lowest BCUT2D eigenvalue weighted by molar-refractivity contribution is -0.166. The van der Waals surface area contributed by atoms with Crippen LogP contribution < -0.4 is 0 Å². The number of aliphatic hydroxyl groups excluding tert-OH is 1. The number of carbonyl (C=O) groups is 2. The molecule has 4 heteroatoms. The van der Waals surface area contributed by atoms with E-state index >= 15 is 0 Å². The lowest BCUT2D eigenvalue weighted by Gasteiger charge is -2.34. The smallest absolute Gasteiger partial charge is 0.304 e. The number of ether oxygens (including phenoxy) is 1. The molecule has 2 aliphatic carbocycles. The number of unbranched alkanes of at least 4 members (excludes halogenated alkanes) is 3. The second kappa shape index (κ2) is 11.4. The fourth-order valence-corrected chi connectivity index (χ4v) is 4.30. The van der Waals surface area contributed by atoms with Crippen LogP contribution in [0.25, 0.3) is 0 Å². The van der Waals surface area contributed by atoms with E-state index in [9.17, 15) is 14.7 Å². The van der Waals surface area contributed by atoms with Gasteiger partial charge < -0.3 is 9.84 Å². The third kappa shape index (κ3) is 7.61. The zero-order valence-corrected chi connectivity index (χ0v) is 16.9. The summed E-state index contributed by atoms with van der Waals surface area (Å²) in [7, 11) is 0. The van der Waals surface area contributed by atoms with Gasteiger partial charge in [-0.15, -0.1) is 0 Å². The maximum Gasteiger partial charge on any atom is 0.304 e. The SMILES string of the molecule is CCC1CC(CC=C[C@H]2C=CC(=O)[C@@H]2CCCCCC[C@H](O)OC(C)=O)C1. The molecule has 0 saturated heterocycles. The third-order valence-corrected chi connectivity index (χ3v) is 6.07. The Morgan fingerprint density at radius 3 is 2.70 bits per heavy atom. The Hall–Kier alpha value is -1.42. The number of carbonyl (C=O) groups excluding carboxylic acids is 2. The van der Waals surface area contributed by atoms with E-state index in [0.29, 0.717) is 6.42 Å². The van der Waals surface area contributed by atoms with E-state index in [4.69, 9.17) is 4.74 Å². The number of esters is 1. The number of hydrogen-bond acceptors (Lipinski definition) is 4. The molecular formula is C23H36O4. The van der Waals surface area contributed by atoms with Crippen LogP contribution in [0.1, 0.15) is 78.1 Å². The van der Waals surface area contributed by atoms with Gasteiger partial charge in [-0.1, -0.05) is 50.8 Å². The predicted molar refractivity (Wildman–Crippen MR) is 107 cm³/mol. The van der Waals surface area contributed by atoms with Gasteiger partial charge in [0.25, 0.3) is 0 Å². The van der Waals surface area contributed by atoms with Crippen molar-refractivity contribution in [3.8, 4) is 0 Å². The first-order valence-electron chi connectivity index (χ1n) is 10.7. The monoisotopic (exact) mass is 376 g/mol. The van der Waals surface area contributed by atoms with Gasteiger partial charge in [0.15, 0.2) is 5.78 Å². The molecule has 3 atom stereocenters. The number of aliphatic hydroxyl groups is 1. The van der Waals surface area contributed by atoms with Gasteiger partial charge in [-0.3, -0.25) is 9.59 Å². The standard InChI is InChI=1S/C23H36O4/c1-3-18-15-19(16-18)9-8-10-20-13-14-22(25)21(20)11-6-4-5-7-12-23(26)27-17(2)24/h8,10,13-14,18-21,23,26H,3-7,9,11-12,15-16H2,1-2H3/t18?,19?,20-,21+,23+/m0/s1. The van der Waals surface area contributed by atoms with Crippen LogP contribution in [0.15, 0.2) is 24.3 Å². The number of allylic oxidation sites excluding steroid dienone is 4. The summed E-state index contributed by atoms with van der Waals surface area (Å²) >= 11 is 0. The topological polar surface area (TPSA) is 63.6 Å². The molecule has 152 valence electrons. The minimum atomic E-state index is -0.985. The molecule has 0 aliphatic heterocycles. The highest BCUT2D eigenvalue weighted by molar-refractivity contribution is 5.94. The van der Waals surface area contributed by atoms with E-state index in [0.717, 1.165) is 50.4 Å². The Bertz CT molecular complexity index is 530. The summed E-state index contributed by atoms with van der Waals surface area (Å²) in [4.78, 5) is 22.9. The average molecular weight is 377 g/mol. The van der Waals surface area contributed by atoms with Crippen LogP contribution >= 0.6 is 0 Å². The summed E-state index contributed by atoms with van der Waals surface area (Å²) < 4.78 is 4.70. The molecule has 0 radical (unpaired) electrons. The largest absolute Gasteiger partial charge is 0.436 e. The highest BCUT2D eigenvalue weighted by atomic mass is 16.6. The number of ketones is 1. The molecular weight excluding hydrogens is 340 g/mol. The van der Waals surface area contributed by atoms with Crippen molar-refractivity contribution in [1.82, 2.24) is 0 Å². The van der Waals surface area contributed by atoms with Gasteiger partial charge in [-0.25, -0.2) is 0 Å². The minimum Gasteiger partial charge on any atom is -0.436 e. The van der Waals surface area contributed by atoms with E-state index in [2.05, 4.69) is 25.2 Å². The summed E-state index contributed by atoms with van der Waals surface area (Å²) in [6, 6.07) is 0. The maximum atomic E-state index is 12.1. The molecule has 0 bridgehead atoms. The van der Waals surface area contributed by atoms with Crippen molar-refractivity contribution in [1.29, 1.82) is 0 Å². The Kier molecular flexibility index (Phi) is 9.26. The molecule has 1 N–H and O–H groups in total. The molecule has 0 unspecified atom stereocenters. The quantitative estimate of drug-likeness (QED) is 0.226. The van der Waals surface area contributed by atoms with Gasteiger partial charge in [0.2, 0.25) is 6.29 Å². The normalized spacial score (nSPS) is 28.5. The molecule has 2 aliphatic rings. The molecule has 27 heavy (non-hydrogen) atoms. The Morgan fingerprint density at radius 2 is 2.00 bits per heavy atom. The molecule has 0 aromatic heterocycles. The van der Waals surface area contributed by atoms with Crippen LogP contribution in [0.4, 0.5) is 0 Å². The summed E-state index contributed by atoms with van der Waals surface area (Å²) in [5.74, 6) is 2.00. The molecule has 0 aromatic rings. The molecule has 0 spiro atoms. The van der Waals surface area contributed by atoms with E-state index in [1.807, 2.05) is 0 Å². The summed E-state index contributed by atoms with van der Waals surface area (Å²) in [5.41, 5.74) is 0. The highest BCUT2D eigenvalue weighted by Gasteiger charge is 2.29. The molecule has 1 fully saturated rings. The van der Waals surface area contributed by atoms with Crippen LogP contribution in [-0.2, 0) is 14.3 Å². The van der Waals surface area contributed by atoms with Crippen LogP contribution in [0.5, 0.6) is 0 Å². The highest BCUT2D eigenvalue weighted by Crippen LogP contribution is 2.38. The second-order valence-corrected chi connectivity index (χ2v) is 8.28. The lowest BCUT2D eigenvalue weighted by atomic mass is 9.72. The number of rotatable bonds is 12. The fraction of sp³-hybridized carbons (Fsp3) is 0.739. The molecule has 0 heterocycles. The maximum absolute atomic E-state index is 12.1. The molecule has 0 aromatic carbocycles. The second-order valence-electron chi connectivity index (χ2n) is 8.28. The van der Waals surface area contributed by atoms with Crippen molar-refractivity contribution in [3.05, 3.63) is 24.3 Å². The van der Waals surface area contributed by atoms with Gasteiger partial charge in [0.05, 0.1) is 0 Å². The first-order chi connectivity index (χ1) is 13.0. The summed E-state index contributed by atoms with van der Waals surface area (Å²) in [6.07, 6.45) is 17.9. The first-order valence-corrected chi connectivity index (χ1v) is 10.7. The van der Waals surface area contributed by atoms with Gasteiger partial charge in [-0.05, 0) is 50.0 Å². The Labute approximate surface area is 164 Å². The van der Waals surface area contributed by atoms with Gasteiger partial charge in [0, 0.05) is 25.2 Å². The van der Waals surface area contributed by atoms with E-state index in [1.165, 1.54) is 26.2 Å². The zero-order chi connectivity index (χ0) is 19.6. The zero-order valence-electron chi connectivity index (χ0n) is 16.9. The van der Waals surface area contributed by atoms with E-state index < -0.39 is 12.3 Å². The Morgan fingerprint density at radius 1 is 1.26 bits per heavy atom. The summed E-state index contributed by atoms with van der Waals surface area (Å²) in [5, 5.41) is 9.49. The van der Waals surface area contributed by atoms with Crippen LogP contribution in [0.2, 0.25) is 0 Å². The van der Waals surface area contributed by atoms with Crippen molar-refractivity contribution in [2.75, 3.05) is 0 Å². The van der Waals surface area contributed by atoms with Crippen LogP contribution in [0.3, 0.4) is 0 Å². The minimum absolute atomic E-state index is 0.109.